The number of hydrogen-bond acceptors (Lipinski definition) is 3. The van der Waals surface area contributed by atoms with Gasteiger partial charge in [-0.2, -0.15) is 0 Å². The lowest BCUT2D eigenvalue weighted by Crippen LogP contribution is -2.24. The average Bonchev–Trinajstić information content (AvgIpc) is 2.59. The van der Waals surface area contributed by atoms with Gasteiger partial charge in [-0.25, -0.2) is 0 Å². The Hall–Kier alpha value is -0.560. The van der Waals surface area contributed by atoms with Gasteiger partial charge in [0.1, 0.15) is 6.61 Å². The van der Waals surface area contributed by atoms with Gasteiger partial charge in [-0.3, -0.25) is 0 Å². The summed E-state index contributed by atoms with van der Waals surface area (Å²) in [5.74, 6) is 5.16. The van der Waals surface area contributed by atoms with Crippen LogP contribution in [-0.4, -0.2) is 30.7 Å². The van der Waals surface area contributed by atoms with Gasteiger partial charge < -0.3 is 14.6 Å². The minimum atomic E-state index is -0.357. The molecule has 0 bridgehead atoms. The Labute approximate surface area is 85.4 Å². The molecule has 1 aliphatic heterocycles. The van der Waals surface area contributed by atoms with Gasteiger partial charge in [-0.05, 0) is 19.8 Å². The third-order valence-corrected chi connectivity index (χ3v) is 2.28. The lowest BCUT2D eigenvalue weighted by atomic mass is 10.1. The monoisotopic (exact) mass is 198 g/mol. The minimum absolute atomic E-state index is 0.0378. The molecule has 1 N–H and O–H groups in total. The summed E-state index contributed by atoms with van der Waals surface area (Å²) in [5, 5.41) is 8.42. The van der Waals surface area contributed by atoms with Crippen molar-refractivity contribution in [3.05, 3.63) is 0 Å². The maximum Gasteiger partial charge on any atom is 0.165 e. The van der Waals surface area contributed by atoms with Crippen LogP contribution in [0.25, 0.3) is 0 Å². The van der Waals surface area contributed by atoms with Crippen molar-refractivity contribution >= 4 is 0 Å². The Morgan fingerprint density at radius 1 is 1.21 bits per heavy atom. The van der Waals surface area contributed by atoms with E-state index in [1.807, 2.05) is 6.92 Å². The zero-order valence-corrected chi connectivity index (χ0v) is 8.71. The minimum Gasteiger partial charge on any atom is -0.384 e. The second kappa shape index (κ2) is 6.02. The van der Waals surface area contributed by atoms with Crippen molar-refractivity contribution in [2.75, 3.05) is 19.8 Å². The van der Waals surface area contributed by atoms with E-state index in [4.69, 9.17) is 14.6 Å². The van der Waals surface area contributed by atoms with Crippen molar-refractivity contribution in [1.82, 2.24) is 0 Å². The summed E-state index contributed by atoms with van der Waals surface area (Å²) < 4.78 is 10.9. The highest BCUT2D eigenvalue weighted by atomic mass is 16.7. The van der Waals surface area contributed by atoms with E-state index in [0.29, 0.717) is 13.2 Å². The van der Waals surface area contributed by atoms with Crippen LogP contribution < -0.4 is 0 Å². The molecule has 0 unspecified atom stereocenters. The van der Waals surface area contributed by atoms with Crippen LogP contribution in [0, 0.1) is 11.8 Å². The fourth-order valence-electron chi connectivity index (χ4n) is 1.50. The quantitative estimate of drug-likeness (QED) is 0.546. The normalized spacial score (nSPS) is 19.0. The molecule has 1 heterocycles. The molecular formula is C11H18O3. The summed E-state index contributed by atoms with van der Waals surface area (Å²) in [5.41, 5.74) is 0. The fraction of sp³-hybridized carbons (Fsp3) is 0.818. The van der Waals surface area contributed by atoms with Crippen molar-refractivity contribution in [3.63, 3.8) is 0 Å². The lowest BCUT2D eigenvalue weighted by Gasteiger charge is -2.21. The van der Waals surface area contributed by atoms with E-state index < -0.39 is 0 Å². The predicted molar refractivity (Wildman–Crippen MR) is 53.6 cm³/mol. The fourth-order valence-corrected chi connectivity index (χ4v) is 1.50. The molecule has 14 heavy (non-hydrogen) atoms. The van der Waals surface area contributed by atoms with Crippen LogP contribution in [0.1, 0.15) is 32.6 Å². The summed E-state index contributed by atoms with van der Waals surface area (Å²) in [6.45, 7) is 3.37. The standard InChI is InChI=1S/C11H18O3/c1-11(13-9-10-14-11)7-5-3-2-4-6-8-12/h12H,2-3,5,7-10H2,1H3. The van der Waals surface area contributed by atoms with Gasteiger partial charge in [-0.1, -0.05) is 5.92 Å². The first-order valence-corrected chi connectivity index (χ1v) is 5.11. The molecule has 3 nitrogen and oxygen atoms in total. The number of unbranched alkanes of at least 4 members (excludes halogenated alkanes) is 2. The second-order valence-electron chi connectivity index (χ2n) is 3.55. The van der Waals surface area contributed by atoms with E-state index in [1.165, 1.54) is 0 Å². The highest BCUT2D eigenvalue weighted by Gasteiger charge is 2.29. The molecule has 0 aliphatic carbocycles. The van der Waals surface area contributed by atoms with Crippen molar-refractivity contribution in [1.29, 1.82) is 0 Å². The first-order valence-electron chi connectivity index (χ1n) is 5.11. The Morgan fingerprint density at radius 2 is 1.93 bits per heavy atom. The Kier molecular flexibility index (Phi) is 4.95. The molecule has 1 fully saturated rings. The van der Waals surface area contributed by atoms with Gasteiger partial charge >= 0.3 is 0 Å². The maximum absolute atomic E-state index is 8.42. The molecular weight excluding hydrogens is 180 g/mol. The van der Waals surface area contributed by atoms with Gasteiger partial charge in [-0.15, -0.1) is 5.92 Å². The molecule has 0 aromatic heterocycles. The van der Waals surface area contributed by atoms with Gasteiger partial charge in [0.15, 0.2) is 5.79 Å². The van der Waals surface area contributed by atoms with Crippen LogP contribution in [0.4, 0.5) is 0 Å². The summed E-state index contributed by atoms with van der Waals surface area (Å²) in [7, 11) is 0. The van der Waals surface area contributed by atoms with E-state index in [1.54, 1.807) is 0 Å². The number of rotatable bonds is 4. The van der Waals surface area contributed by atoms with Crippen LogP contribution in [0.5, 0.6) is 0 Å². The predicted octanol–water partition coefficient (Wildman–Crippen LogP) is 1.31. The smallest absolute Gasteiger partial charge is 0.165 e. The Bertz CT molecular complexity index is 208. The van der Waals surface area contributed by atoms with E-state index in [0.717, 1.165) is 25.7 Å². The molecule has 80 valence electrons. The third kappa shape index (κ3) is 4.10. The Morgan fingerprint density at radius 3 is 2.57 bits per heavy atom. The number of hydrogen-bond donors (Lipinski definition) is 1. The van der Waals surface area contributed by atoms with E-state index >= 15 is 0 Å². The molecule has 1 rings (SSSR count). The van der Waals surface area contributed by atoms with Crippen LogP contribution in [0.15, 0.2) is 0 Å². The number of aliphatic hydroxyl groups excluding tert-OH is 1. The molecule has 0 atom stereocenters. The van der Waals surface area contributed by atoms with E-state index in [9.17, 15) is 0 Å². The molecule has 1 saturated heterocycles. The van der Waals surface area contributed by atoms with E-state index in [2.05, 4.69) is 11.8 Å². The maximum atomic E-state index is 8.42. The van der Waals surface area contributed by atoms with Gasteiger partial charge in [0.25, 0.3) is 0 Å². The van der Waals surface area contributed by atoms with Crippen molar-refractivity contribution in [3.8, 4) is 11.8 Å². The molecule has 0 radical (unpaired) electrons. The lowest BCUT2D eigenvalue weighted by molar-refractivity contribution is -0.147. The second-order valence-corrected chi connectivity index (χ2v) is 3.55. The average molecular weight is 198 g/mol. The molecule has 0 aromatic carbocycles. The molecule has 0 amide bonds. The van der Waals surface area contributed by atoms with E-state index in [-0.39, 0.29) is 12.4 Å². The van der Waals surface area contributed by atoms with Crippen LogP contribution in [0.3, 0.4) is 0 Å². The first kappa shape index (κ1) is 11.5. The first-order chi connectivity index (χ1) is 6.77. The molecule has 0 saturated carbocycles. The molecule has 3 heteroatoms. The van der Waals surface area contributed by atoms with Gasteiger partial charge in [0.05, 0.1) is 13.2 Å². The van der Waals surface area contributed by atoms with Gasteiger partial charge in [0.2, 0.25) is 0 Å². The Balaban J connectivity index is 2.03. The van der Waals surface area contributed by atoms with Crippen LogP contribution >= 0.6 is 0 Å². The van der Waals surface area contributed by atoms with Crippen LogP contribution in [0.2, 0.25) is 0 Å². The summed E-state index contributed by atoms with van der Waals surface area (Å²) in [6.07, 6.45) is 3.86. The van der Waals surface area contributed by atoms with Crippen LogP contribution in [-0.2, 0) is 9.47 Å². The largest absolute Gasteiger partial charge is 0.384 e. The highest BCUT2D eigenvalue weighted by molar-refractivity contribution is 4.98. The zero-order valence-electron chi connectivity index (χ0n) is 8.71. The molecule has 1 aliphatic rings. The summed E-state index contributed by atoms with van der Waals surface area (Å²) in [4.78, 5) is 0. The topological polar surface area (TPSA) is 38.7 Å². The summed E-state index contributed by atoms with van der Waals surface area (Å²) in [6, 6.07) is 0. The van der Waals surface area contributed by atoms with Crippen molar-refractivity contribution in [2.24, 2.45) is 0 Å². The SMILES string of the molecule is CC1(CCCCC#CCO)OCCO1. The molecule has 0 spiro atoms. The van der Waals surface area contributed by atoms with Gasteiger partial charge in [0, 0.05) is 12.8 Å². The third-order valence-electron chi connectivity index (χ3n) is 2.28. The number of ether oxygens (including phenoxy) is 2. The van der Waals surface area contributed by atoms with Crippen molar-refractivity contribution < 1.29 is 14.6 Å². The number of aliphatic hydroxyl groups is 1. The van der Waals surface area contributed by atoms with Crippen molar-refractivity contribution in [2.45, 2.75) is 38.4 Å². The highest BCUT2D eigenvalue weighted by Crippen LogP contribution is 2.24. The zero-order chi connectivity index (χ0) is 10.3. The summed E-state index contributed by atoms with van der Waals surface area (Å²) >= 11 is 0. The molecule has 0 aromatic rings.